The lowest BCUT2D eigenvalue weighted by Crippen LogP contribution is -2.44. The Morgan fingerprint density at radius 2 is 2.12 bits per heavy atom. The first-order valence-corrected chi connectivity index (χ1v) is 8.68. The molecule has 0 amide bonds. The molecule has 0 spiro atoms. The average Bonchev–Trinajstić information content (AvgIpc) is 3.11. The topological polar surface area (TPSA) is 144 Å². The Labute approximate surface area is 136 Å². The number of phosphoric ester groups is 1. The number of aliphatic hydroxyl groups is 1. The first-order valence-electron chi connectivity index (χ1n) is 7.22. The van der Waals surface area contributed by atoms with Gasteiger partial charge in [0, 0.05) is 7.11 Å². The van der Waals surface area contributed by atoms with E-state index in [1.54, 1.807) is 6.92 Å². The third-order valence-electron chi connectivity index (χ3n) is 4.14. The third kappa shape index (κ3) is 2.25. The maximum absolute atomic E-state index is 12.3. The molecular weight excluding hydrogens is 341 g/mol. The van der Waals surface area contributed by atoms with Gasteiger partial charge in [-0.3, -0.25) is 18.1 Å². The Morgan fingerprint density at radius 3 is 2.88 bits per heavy atom. The number of fused-ring (bicyclic) bond motifs is 2. The number of imidazole rings is 1. The van der Waals surface area contributed by atoms with Gasteiger partial charge in [0.1, 0.15) is 30.2 Å². The van der Waals surface area contributed by atoms with E-state index in [4.69, 9.17) is 24.0 Å². The van der Waals surface area contributed by atoms with E-state index in [-0.39, 0.29) is 5.82 Å². The fraction of sp³-hybridized carbons (Fsp3) is 0.583. The fourth-order valence-corrected chi connectivity index (χ4v) is 4.28. The van der Waals surface area contributed by atoms with Gasteiger partial charge < -0.3 is 15.6 Å². The van der Waals surface area contributed by atoms with Crippen LogP contribution in [0, 0.1) is 0 Å². The summed E-state index contributed by atoms with van der Waals surface area (Å²) in [5.41, 5.74) is 6.58. The summed E-state index contributed by atoms with van der Waals surface area (Å²) >= 11 is 0. The average molecular weight is 357 g/mol. The molecule has 6 atom stereocenters. The molecule has 3 unspecified atom stereocenters. The largest absolute Gasteiger partial charge is 0.475 e. The number of aromatic nitrogens is 4. The van der Waals surface area contributed by atoms with Gasteiger partial charge in [-0.1, -0.05) is 0 Å². The third-order valence-corrected chi connectivity index (χ3v) is 5.68. The van der Waals surface area contributed by atoms with Crippen molar-refractivity contribution in [3.05, 3.63) is 12.7 Å². The van der Waals surface area contributed by atoms with E-state index < -0.39 is 38.5 Å². The van der Waals surface area contributed by atoms with Crippen molar-refractivity contribution in [3.8, 4) is 0 Å². The number of anilines is 1. The van der Waals surface area contributed by atoms with Crippen LogP contribution >= 0.6 is 7.82 Å². The number of hydrogen-bond acceptors (Lipinski definition) is 10. The lowest BCUT2D eigenvalue weighted by Gasteiger charge is -2.34. The van der Waals surface area contributed by atoms with E-state index in [1.165, 1.54) is 24.3 Å². The molecule has 4 heterocycles. The molecule has 2 aliphatic heterocycles. The van der Waals surface area contributed by atoms with Crippen LogP contribution < -0.4 is 5.73 Å². The molecule has 11 nitrogen and oxygen atoms in total. The number of nitrogen functional groups attached to an aromatic ring is 1. The number of phosphoric acid groups is 1. The maximum Gasteiger partial charge on any atom is 0.475 e. The van der Waals surface area contributed by atoms with Gasteiger partial charge in [-0.2, -0.15) is 0 Å². The molecule has 0 aliphatic carbocycles. The molecule has 130 valence electrons. The minimum absolute atomic E-state index is 0.223. The van der Waals surface area contributed by atoms with Crippen molar-refractivity contribution in [2.45, 2.75) is 37.6 Å². The minimum atomic E-state index is -3.73. The zero-order chi connectivity index (χ0) is 17.1. The van der Waals surface area contributed by atoms with Crippen molar-refractivity contribution in [1.82, 2.24) is 19.5 Å². The quantitative estimate of drug-likeness (QED) is 0.716. The van der Waals surface area contributed by atoms with Crippen LogP contribution in [0.15, 0.2) is 12.7 Å². The van der Waals surface area contributed by atoms with Crippen LogP contribution in [-0.2, 0) is 22.9 Å². The molecule has 0 radical (unpaired) electrons. The van der Waals surface area contributed by atoms with E-state index in [1.807, 2.05) is 0 Å². The van der Waals surface area contributed by atoms with Crippen molar-refractivity contribution < 1.29 is 28.0 Å². The highest BCUT2D eigenvalue weighted by Gasteiger charge is 2.56. The molecule has 0 aromatic carbocycles. The number of aliphatic hydroxyl groups excluding tert-OH is 1. The zero-order valence-corrected chi connectivity index (χ0v) is 13.7. The molecule has 12 heteroatoms. The van der Waals surface area contributed by atoms with Crippen LogP contribution in [-0.4, -0.2) is 56.2 Å². The Bertz CT molecular complexity index is 829. The van der Waals surface area contributed by atoms with Crippen molar-refractivity contribution in [2.75, 3.05) is 12.8 Å². The van der Waals surface area contributed by atoms with Crippen molar-refractivity contribution in [1.29, 1.82) is 0 Å². The van der Waals surface area contributed by atoms with Gasteiger partial charge in [0.15, 0.2) is 17.7 Å². The molecule has 0 bridgehead atoms. The molecular formula is C12H16N5O6P. The van der Waals surface area contributed by atoms with Gasteiger partial charge in [0.05, 0.1) is 12.4 Å². The van der Waals surface area contributed by atoms with Gasteiger partial charge in [0.25, 0.3) is 0 Å². The highest BCUT2D eigenvalue weighted by molar-refractivity contribution is 7.48. The number of rotatable bonds is 2. The summed E-state index contributed by atoms with van der Waals surface area (Å²) in [5, 5.41) is 10.6. The monoisotopic (exact) mass is 357 g/mol. The molecule has 24 heavy (non-hydrogen) atoms. The molecule has 2 aromatic rings. The fourth-order valence-electron chi connectivity index (χ4n) is 2.99. The molecule has 4 rings (SSSR count). The van der Waals surface area contributed by atoms with Gasteiger partial charge in [-0.15, -0.1) is 0 Å². The normalized spacial score (nSPS) is 39.2. The summed E-state index contributed by atoms with van der Waals surface area (Å²) in [6.07, 6.45) is -1.33. The number of nitrogens with zero attached hydrogens (tertiary/aromatic N) is 4. The van der Waals surface area contributed by atoms with E-state index in [0.29, 0.717) is 11.2 Å². The highest BCUT2D eigenvalue weighted by atomic mass is 31.2. The maximum atomic E-state index is 12.3. The van der Waals surface area contributed by atoms with Crippen molar-refractivity contribution >= 4 is 24.8 Å². The summed E-state index contributed by atoms with van der Waals surface area (Å²) in [5.74, 6) is 0.223. The van der Waals surface area contributed by atoms with Crippen LogP contribution in [0.3, 0.4) is 0 Å². The van der Waals surface area contributed by atoms with E-state index in [9.17, 15) is 9.67 Å². The minimum Gasteiger partial charge on any atom is -0.386 e. The number of nitrogens with two attached hydrogens (primary N) is 1. The van der Waals surface area contributed by atoms with Crippen molar-refractivity contribution in [2.24, 2.45) is 0 Å². The Morgan fingerprint density at radius 1 is 1.33 bits per heavy atom. The predicted molar refractivity (Wildman–Crippen MR) is 79.7 cm³/mol. The summed E-state index contributed by atoms with van der Waals surface area (Å²) < 4.78 is 35.1. The van der Waals surface area contributed by atoms with Crippen LogP contribution in [0.2, 0.25) is 0 Å². The van der Waals surface area contributed by atoms with Crippen molar-refractivity contribution in [3.63, 3.8) is 0 Å². The highest BCUT2D eigenvalue weighted by Crippen LogP contribution is 2.58. The van der Waals surface area contributed by atoms with Crippen LogP contribution in [0.5, 0.6) is 0 Å². The Balaban J connectivity index is 1.71. The zero-order valence-electron chi connectivity index (χ0n) is 12.8. The Hall–Kier alpha value is -1.62. The second-order valence-corrected chi connectivity index (χ2v) is 7.26. The van der Waals surface area contributed by atoms with Crippen LogP contribution in [0.4, 0.5) is 5.82 Å². The van der Waals surface area contributed by atoms with Gasteiger partial charge in [0.2, 0.25) is 0 Å². The van der Waals surface area contributed by atoms with E-state index in [0.717, 1.165) is 0 Å². The summed E-state index contributed by atoms with van der Waals surface area (Å²) in [6.45, 7) is 1.67. The first kappa shape index (κ1) is 15.9. The molecule has 2 aliphatic rings. The molecule has 2 saturated heterocycles. The smallest absolute Gasteiger partial charge is 0.386 e. The summed E-state index contributed by atoms with van der Waals surface area (Å²) in [4.78, 5) is 12.1. The SMILES string of the molecule is COP1(=O)OC(C)C2O[C@@H](n3cnc4c(N)ncnc43)[C@H](O)[C@@H]2O1. The molecule has 3 N–H and O–H groups in total. The second-order valence-electron chi connectivity index (χ2n) is 5.58. The van der Waals surface area contributed by atoms with Crippen LogP contribution in [0.25, 0.3) is 11.2 Å². The summed E-state index contributed by atoms with van der Waals surface area (Å²) in [7, 11) is -2.51. The second kappa shape index (κ2) is 5.45. The standard InChI is InChI=1S/C12H16N5O6P/c1-5-8-9(23-24(19,20-2)22-5)7(18)12(21-8)17-4-16-6-10(13)14-3-15-11(6)17/h3-5,7-9,12,18H,1-2H3,(H2,13,14,15)/t5?,7-,8?,9+,12-,24?/m1/s1. The number of hydrogen-bond donors (Lipinski definition) is 2. The van der Waals surface area contributed by atoms with E-state index >= 15 is 0 Å². The number of ether oxygens (including phenoxy) is 1. The first-order chi connectivity index (χ1) is 11.4. The summed E-state index contributed by atoms with van der Waals surface area (Å²) in [6, 6.07) is 0. The molecule has 2 aromatic heterocycles. The predicted octanol–water partition coefficient (Wildman–Crippen LogP) is 0.225. The molecule has 0 saturated carbocycles. The van der Waals surface area contributed by atoms with Crippen LogP contribution in [0.1, 0.15) is 13.2 Å². The lowest BCUT2D eigenvalue weighted by molar-refractivity contribution is -0.101. The van der Waals surface area contributed by atoms with Gasteiger partial charge in [-0.05, 0) is 6.92 Å². The lowest BCUT2D eigenvalue weighted by atomic mass is 10.1. The Kier molecular flexibility index (Phi) is 3.60. The van der Waals surface area contributed by atoms with Gasteiger partial charge >= 0.3 is 7.82 Å². The molecule has 2 fully saturated rings. The van der Waals surface area contributed by atoms with E-state index in [2.05, 4.69) is 15.0 Å². The van der Waals surface area contributed by atoms with Gasteiger partial charge in [-0.25, -0.2) is 19.5 Å².